The molecular formula is C21H23N3O8. The molecule has 0 bridgehead atoms. The fraction of sp³-hybridized carbons (Fsp3) is 0.286. The Morgan fingerprint density at radius 2 is 1.78 bits per heavy atom. The van der Waals surface area contributed by atoms with Crippen molar-refractivity contribution in [3.63, 3.8) is 0 Å². The zero-order valence-electron chi connectivity index (χ0n) is 17.4. The van der Waals surface area contributed by atoms with E-state index in [0.29, 0.717) is 17.2 Å². The van der Waals surface area contributed by atoms with E-state index in [1.54, 1.807) is 31.3 Å². The summed E-state index contributed by atoms with van der Waals surface area (Å²) < 4.78 is 10.7. The van der Waals surface area contributed by atoms with E-state index < -0.39 is 42.2 Å². The number of amides is 1. The highest BCUT2D eigenvalue weighted by Gasteiger charge is 2.26. The number of furan rings is 1. The van der Waals surface area contributed by atoms with Gasteiger partial charge in [-0.15, -0.1) is 0 Å². The van der Waals surface area contributed by atoms with Crippen molar-refractivity contribution >= 4 is 29.7 Å². The first-order chi connectivity index (χ1) is 15.1. The van der Waals surface area contributed by atoms with Crippen LogP contribution >= 0.6 is 0 Å². The van der Waals surface area contributed by atoms with Crippen LogP contribution in [0.1, 0.15) is 35.2 Å². The van der Waals surface area contributed by atoms with Gasteiger partial charge in [-0.2, -0.15) is 0 Å². The highest BCUT2D eigenvalue weighted by molar-refractivity contribution is 5.97. The van der Waals surface area contributed by atoms with Crippen LogP contribution in [0.25, 0.3) is 0 Å². The van der Waals surface area contributed by atoms with E-state index in [2.05, 4.69) is 10.3 Å². The number of ether oxygens (including phenoxy) is 1. The molecule has 0 aliphatic heterocycles. The number of aliphatic carboxylic acids is 2. The number of nitrogens with one attached hydrogen (secondary N) is 1. The molecule has 2 atom stereocenters. The second-order valence-corrected chi connectivity index (χ2v) is 6.89. The van der Waals surface area contributed by atoms with Crippen molar-refractivity contribution in [2.24, 2.45) is 16.6 Å². The Bertz CT molecular complexity index is 1030. The molecule has 1 aromatic heterocycles. The number of amidine groups is 1. The maximum Gasteiger partial charge on any atom is 0.379 e. The molecule has 5 N–H and O–H groups in total. The second-order valence-electron chi connectivity index (χ2n) is 6.89. The molecule has 2 rings (SSSR count). The zero-order valence-corrected chi connectivity index (χ0v) is 17.4. The highest BCUT2D eigenvalue weighted by atomic mass is 16.5. The maximum absolute atomic E-state index is 12.3. The Labute approximate surface area is 182 Å². The largest absolute Gasteiger partial charge is 0.481 e. The van der Waals surface area contributed by atoms with E-state index >= 15 is 0 Å². The van der Waals surface area contributed by atoms with Gasteiger partial charge < -0.3 is 30.4 Å². The smallest absolute Gasteiger partial charge is 0.379 e. The number of nitrogens with two attached hydrogens (primary N) is 1. The van der Waals surface area contributed by atoms with Crippen molar-refractivity contribution in [1.82, 2.24) is 5.32 Å². The Hall–Kier alpha value is -4.15. The molecule has 0 aliphatic rings. The first kappa shape index (κ1) is 24.1. The number of hydrogen-bond donors (Lipinski definition) is 4. The molecule has 1 heterocycles. The quantitative estimate of drug-likeness (QED) is 0.180. The topological polar surface area (TPSA) is 182 Å². The minimum atomic E-state index is -1.55. The number of carboxylic acids is 2. The van der Waals surface area contributed by atoms with E-state index in [0.717, 1.165) is 0 Å². The fourth-order valence-electron chi connectivity index (χ4n) is 2.66. The Balaban J connectivity index is 1.96. The molecule has 170 valence electrons. The maximum atomic E-state index is 12.3. The van der Waals surface area contributed by atoms with Crippen LogP contribution < -0.4 is 15.8 Å². The molecule has 1 unspecified atom stereocenters. The van der Waals surface area contributed by atoms with Gasteiger partial charge in [-0.1, -0.05) is 6.92 Å². The Morgan fingerprint density at radius 1 is 1.12 bits per heavy atom. The summed E-state index contributed by atoms with van der Waals surface area (Å²) in [6.45, 7) is 1.52. The number of nitrogens with zero attached hydrogens (tertiary/aromatic N) is 1. The van der Waals surface area contributed by atoms with Crippen molar-refractivity contribution < 1.29 is 38.5 Å². The summed E-state index contributed by atoms with van der Waals surface area (Å²) >= 11 is 0. The lowest BCUT2D eigenvalue weighted by Crippen LogP contribution is -2.44. The first-order valence-electron chi connectivity index (χ1n) is 9.49. The van der Waals surface area contributed by atoms with Gasteiger partial charge in [0, 0.05) is 24.9 Å². The number of carbonyl (C=O) groups excluding carboxylic acids is 2. The van der Waals surface area contributed by atoms with Gasteiger partial charge in [-0.05, 0) is 36.4 Å². The van der Waals surface area contributed by atoms with Crippen LogP contribution in [0.2, 0.25) is 0 Å². The van der Waals surface area contributed by atoms with Crippen LogP contribution in [0.5, 0.6) is 5.75 Å². The van der Waals surface area contributed by atoms with Crippen LogP contribution in [0.3, 0.4) is 0 Å². The summed E-state index contributed by atoms with van der Waals surface area (Å²) in [4.78, 5) is 50.2. The molecule has 1 aromatic carbocycles. The number of benzene rings is 1. The fourth-order valence-corrected chi connectivity index (χ4v) is 2.66. The Morgan fingerprint density at radius 3 is 2.34 bits per heavy atom. The van der Waals surface area contributed by atoms with Crippen LogP contribution in [0.4, 0.5) is 0 Å². The zero-order chi connectivity index (χ0) is 23.8. The van der Waals surface area contributed by atoms with Gasteiger partial charge in [-0.25, -0.2) is 9.59 Å². The molecule has 0 spiro atoms. The second kappa shape index (κ2) is 10.8. The number of carbonyl (C=O) groups is 4. The third-order valence-corrected chi connectivity index (χ3v) is 4.41. The Kier molecular flexibility index (Phi) is 8.11. The van der Waals surface area contributed by atoms with Gasteiger partial charge in [0.1, 0.15) is 23.4 Å². The van der Waals surface area contributed by atoms with Crippen LogP contribution in [0.15, 0.2) is 45.8 Å². The molecule has 2 aromatic rings. The molecule has 11 nitrogen and oxygen atoms in total. The third-order valence-electron chi connectivity index (χ3n) is 4.41. The van der Waals surface area contributed by atoms with Crippen molar-refractivity contribution in [2.45, 2.75) is 25.8 Å². The van der Waals surface area contributed by atoms with Crippen molar-refractivity contribution in [3.05, 3.63) is 53.5 Å². The molecule has 32 heavy (non-hydrogen) atoms. The summed E-state index contributed by atoms with van der Waals surface area (Å²) in [5.74, 6) is -4.11. The molecule has 0 saturated heterocycles. The van der Waals surface area contributed by atoms with E-state index in [4.69, 9.17) is 25.1 Å². The first-order valence-corrected chi connectivity index (χ1v) is 9.49. The van der Waals surface area contributed by atoms with E-state index in [-0.39, 0.29) is 17.9 Å². The minimum Gasteiger partial charge on any atom is -0.481 e. The molecule has 0 radical (unpaired) electrons. The number of aliphatic imine (C=N–C) groups is 1. The molecule has 11 heteroatoms. The molecule has 0 fully saturated rings. The molecular weight excluding hydrogens is 422 g/mol. The van der Waals surface area contributed by atoms with Crippen LogP contribution in [-0.2, 0) is 20.8 Å². The molecule has 0 saturated carbocycles. The summed E-state index contributed by atoms with van der Waals surface area (Å²) in [7, 11) is 1.56. The number of rotatable bonds is 10. The predicted octanol–water partition coefficient (Wildman–Crippen LogP) is 1.06. The van der Waals surface area contributed by atoms with Crippen LogP contribution in [0, 0.1) is 5.92 Å². The SMILES string of the molecule is CN=C(N)c1ccc(OC(=O)c2ccc(CC(C)C(=O)N[C@@H](CC(=O)O)C(=O)O)o2)cc1. The summed E-state index contributed by atoms with van der Waals surface area (Å²) in [6.07, 6.45) is -0.688. The summed E-state index contributed by atoms with van der Waals surface area (Å²) in [5, 5.41) is 19.9. The average molecular weight is 445 g/mol. The van der Waals surface area contributed by atoms with Crippen LogP contribution in [-0.4, -0.2) is 53.0 Å². The number of esters is 1. The lowest BCUT2D eigenvalue weighted by Gasteiger charge is -2.15. The van der Waals surface area contributed by atoms with Crippen molar-refractivity contribution in [2.75, 3.05) is 7.05 Å². The van der Waals surface area contributed by atoms with Gasteiger partial charge in [0.2, 0.25) is 11.7 Å². The molecule has 1 amide bonds. The van der Waals surface area contributed by atoms with Gasteiger partial charge in [0.05, 0.1) is 6.42 Å². The third kappa shape index (κ3) is 6.69. The van der Waals surface area contributed by atoms with E-state index in [9.17, 15) is 19.2 Å². The van der Waals surface area contributed by atoms with Gasteiger partial charge >= 0.3 is 17.9 Å². The highest BCUT2D eigenvalue weighted by Crippen LogP contribution is 2.18. The number of carboxylic acid groups (broad SMARTS) is 2. The van der Waals surface area contributed by atoms with Crippen molar-refractivity contribution in [3.8, 4) is 5.75 Å². The minimum absolute atomic E-state index is 0.0584. The predicted molar refractivity (Wildman–Crippen MR) is 111 cm³/mol. The van der Waals surface area contributed by atoms with Gasteiger partial charge in [0.15, 0.2) is 0 Å². The van der Waals surface area contributed by atoms with E-state index in [1.807, 2.05) is 0 Å². The normalized spacial score (nSPS) is 13.1. The van der Waals surface area contributed by atoms with E-state index in [1.165, 1.54) is 19.1 Å². The standard InChI is InChI=1S/C21H23N3O8/c1-11(19(27)24-15(20(28)29)10-17(25)26)9-14-7-8-16(31-14)21(30)32-13-5-3-12(4-6-13)18(22)23-2/h3-8,11,15H,9-10H2,1-2H3,(H2,22,23)(H,24,27)(H,25,26)(H,28,29)/t11?,15-/m0/s1. The average Bonchev–Trinajstić information content (AvgIpc) is 3.21. The van der Waals surface area contributed by atoms with Crippen molar-refractivity contribution in [1.29, 1.82) is 0 Å². The lowest BCUT2D eigenvalue weighted by molar-refractivity contribution is -0.147. The lowest BCUT2D eigenvalue weighted by atomic mass is 10.0. The molecule has 0 aliphatic carbocycles. The number of hydrogen-bond acceptors (Lipinski definition) is 7. The summed E-state index contributed by atoms with van der Waals surface area (Å²) in [6, 6.07) is 7.74. The van der Waals surface area contributed by atoms with Gasteiger partial charge in [0.25, 0.3) is 0 Å². The monoisotopic (exact) mass is 445 g/mol. The van der Waals surface area contributed by atoms with Gasteiger partial charge in [-0.3, -0.25) is 14.6 Å². The summed E-state index contributed by atoms with van der Waals surface area (Å²) in [5.41, 5.74) is 6.38.